The summed E-state index contributed by atoms with van der Waals surface area (Å²) in [7, 11) is 0. The molecule has 2 rings (SSSR count). The molecule has 1 aromatic rings. The lowest BCUT2D eigenvalue weighted by Crippen LogP contribution is -2.34. The van der Waals surface area contributed by atoms with Crippen LogP contribution in [0.25, 0.3) is 6.08 Å². The number of thiocarbonyl (C=S) groups is 1. The first-order valence-corrected chi connectivity index (χ1v) is 7.91. The maximum absolute atomic E-state index is 13.6. The van der Waals surface area contributed by atoms with E-state index in [1.807, 2.05) is 6.92 Å². The number of halogens is 1. The van der Waals surface area contributed by atoms with Gasteiger partial charge in [-0.2, -0.15) is 0 Å². The normalized spacial score (nSPS) is 16.5. The summed E-state index contributed by atoms with van der Waals surface area (Å²) in [6.07, 6.45) is 2.14. The molecule has 0 unspecified atom stereocenters. The lowest BCUT2D eigenvalue weighted by atomic mass is 10.2. The molecular formula is C15H14FNO3S2. The zero-order valence-corrected chi connectivity index (χ0v) is 13.5. The average molecular weight is 339 g/mol. The van der Waals surface area contributed by atoms with Gasteiger partial charge >= 0.3 is 5.97 Å². The summed E-state index contributed by atoms with van der Waals surface area (Å²) in [5.74, 6) is -1.34. The number of carbonyl (C=O) groups is 2. The standard InChI is InChI=1S/C15H14FNO3S2/c1-2-7-20-13(18)9-17-14(19)12(22-15(17)21)8-10-5-3-4-6-11(10)16/h3-6,8H,2,7,9H2,1H3/b12-8-. The van der Waals surface area contributed by atoms with Gasteiger partial charge in [0.2, 0.25) is 0 Å². The van der Waals surface area contributed by atoms with Crippen molar-refractivity contribution in [1.82, 2.24) is 4.90 Å². The Hall–Kier alpha value is -1.73. The molecule has 1 heterocycles. The van der Waals surface area contributed by atoms with Gasteiger partial charge in [0.15, 0.2) is 0 Å². The Labute approximate surface area is 137 Å². The maximum atomic E-state index is 13.6. The Morgan fingerprint density at radius 2 is 2.18 bits per heavy atom. The molecule has 0 bridgehead atoms. The molecule has 1 aliphatic rings. The van der Waals surface area contributed by atoms with Gasteiger partial charge in [0.1, 0.15) is 16.7 Å². The fourth-order valence-electron chi connectivity index (χ4n) is 1.76. The van der Waals surface area contributed by atoms with E-state index < -0.39 is 17.7 Å². The van der Waals surface area contributed by atoms with Crippen molar-refractivity contribution in [2.75, 3.05) is 13.2 Å². The second kappa shape index (κ2) is 7.51. The first kappa shape index (κ1) is 16.6. The largest absolute Gasteiger partial charge is 0.464 e. The minimum Gasteiger partial charge on any atom is -0.464 e. The average Bonchev–Trinajstić information content (AvgIpc) is 2.75. The highest BCUT2D eigenvalue weighted by Gasteiger charge is 2.33. The second-order valence-electron chi connectivity index (χ2n) is 4.51. The van der Waals surface area contributed by atoms with Crippen molar-refractivity contribution in [2.45, 2.75) is 13.3 Å². The van der Waals surface area contributed by atoms with Crippen molar-refractivity contribution < 1.29 is 18.7 Å². The first-order chi connectivity index (χ1) is 10.5. The number of ether oxygens (including phenoxy) is 1. The quantitative estimate of drug-likeness (QED) is 0.469. The molecule has 22 heavy (non-hydrogen) atoms. The number of amides is 1. The van der Waals surface area contributed by atoms with Crippen LogP contribution in [0.1, 0.15) is 18.9 Å². The molecule has 0 N–H and O–H groups in total. The zero-order chi connectivity index (χ0) is 16.1. The van der Waals surface area contributed by atoms with E-state index in [9.17, 15) is 14.0 Å². The van der Waals surface area contributed by atoms with Crippen molar-refractivity contribution in [2.24, 2.45) is 0 Å². The van der Waals surface area contributed by atoms with Crippen molar-refractivity contribution in [3.05, 3.63) is 40.6 Å². The lowest BCUT2D eigenvalue weighted by molar-refractivity contribution is -0.146. The number of benzene rings is 1. The van der Waals surface area contributed by atoms with E-state index in [-0.39, 0.29) is 10.9 Å². The van der Waals surface area contributed by atoms with Gasteiger partial charge in [0, 0.05) is 5.56 Å². The van der Waals surface area contributed by atoms with Gasteiger partial charge in [-0.3, -0.25) is 14.5 Å². The Morgan fingerprint density at radius 3 is 2.86 bits per heavy atom. The van der Waals surface area contributed by atoms with Gasteiger partial charge in [-0.05, 0) is 18.6 Å². The van der Waals surface area contributed by atoms with Gasteiger partial charge in [-0.15, -0.1) is 0 Å². The van der Waals surface area contributed by atoms with E-state index in [4.69, 9.17) is 17.0 Å². The third kappa shape index (κ3) is 3.92. The summed E-state index contributed by atoms with van der Waals surface area (Å²) in [6, 6.07) is 6.13. The maximum Gasteiger partial charge on any atom is 0.326 e. The van der Waals surface area contributed by atoms with Crippen LogP contribution in [-0.2, 0) is 14.3 Å². The highest BCUT2D eigenvalue weighted by atomic mass is 32.2. The summed E-state index contributed by atoms with van der Waals surface area (Å²) < 4.78 is 18.8. The molecule has 0 aromatic heterocycles. The molecule has 0 saturated carbocycles. The minimum absolute atomic E-state index is 0.223. The Morgan fingerprint density at radius 1 is 1.45 bits per heavy atom. The highest BCUT2D eigenvalue weighted by Crippen LogP contribution is 2.32. The van der Waals surface area contributed by atoms with Gasteiger partial charge in [-0.1, -0.05) is 49.1 Å². The van der Waals surface area contributed by atoms with Crippen molar-refractivity contribution in [1.29, 1.82) is 0 Å². The molecule has 1 aromatic carbocycles. The van der Waals surface area contributed by atoms with Gasteiger partial charge in [-0.25, -0.2) is 4.39 Å². The molecule has 7 heteroatoms. The number of hydrogen-bond acceptors (Lipinski definition) is 5. The molecule has 1 aliphatic heterocycles. The van der Waals surface area contributed by atoms with Crippen LogP contribution < -0.4 is 0 Å². The van der Waals surface area contributed by atoms with Gasteiger partial charge in [0.05, 0.1) is 11.5 Å². The van der Waals surface area contributed by atoms with Crippen LogP contribution in [0.2, 0.25) is 0 Å². The lowest BCUT2D eigenvalue weighted by Gasteiger charge is -2.13. The number of rotatable bonds is 5. The summed E-state index contributed by atoms with van der Waals surface area (Å²) >= 11 is 6.15. The van der Waals surface area contributed by atoms with Crippen molar-refractivity contribution in [3.63, 3.8) is 0 Å². The monoisotopic (exact) mass is 339 g/mol. The molecule has 0 radical (unpaired) electrons. The minimum atomic E-state index is -0.509. The fraction of sp³-hybridized carbons (Fsp3) is 0.267. The van der Waals surface area contributed by atoms with Gasteiger partial charge in [0.25, 0.3) is 5.91 Å². The van der Waals surface area contributed by atoms with Crippen LogP contribution in [0.4, 0.5) is 4.39 Å². The van der Waals surface area contributed by atoms with Gasteiger partial charge < -0.3 is 4.74 Å². The van der Waals surface area contributed by atoms with Crippen LogP contribution in [0.15, 0.2) is 29.2 Å². The van der Waals surface area contributed by atoms with Crippen LogP contribution in [-0.4, -0.2) is 34.2 Å². The fourth-order valence-corrected chi connectivity index (χ4v) is 3.01. The summed E-state index contributed by atoms with van der Waals surface area (Å²) in [5.41, 5.74) is 0.302. The number of esters is 1. The number of carbonyl (C=O) groups excluding carboxylic acids is 2. The van der Waals surface area contributed by atoms with E-state index in [1.165, 1.54) is 17.0 Å². The van der Waals surface area contributed by atoms with E-state index in [0.29, 0.717) is 23.5 Å². The zero-order valence-electron chi connectivity index (χ0n) is 11.9. The van der Waals surface area contributed by atoms with Crippen LogP contribution in [0.3, 0.4) is 0 Å². The Bertz CT molecular complexity index is 645. The molecular weight excluding hydrogens is 325 g/mol. The van der Waals surface area contributed by atoms with E-state index in [0.717, 1.165) is 11.8 Å². The van der Waals surface area contributed by atoms with E-state index in [2.05, 4.69) is 0 Å². The first-order valence-electron chi connectivity index (χ1n) is 6.68. The molecule has 0 atom stereocenters. The molecule has 1 fully saturated rings. The number of nitrogens with zero attached hydrogens (tertiary/aromatic N) is 1. The molecule has 0 spiro atoms. The molecule has 4 nitrogen and oxygen atoms in total. The molecule has 1 amide bonds. The summed E-state index contributed by atoms with van der Waals surface area (Å²) in [5, 5.41) is 0. The number of thioether (sulfide) groups is 1. The van der Waals surface area contributed by atoms with Crippen LogP contribution in [0.5, 0.6) is 0 Å². The predicted molar refractivity (Wildman–Crippen MR) is 87.5 cm³/mol. The van der Waals surface area contributed by atoms with Crippen LogP contribution >= 0.6 is 24.0 Å². The van der Waals surface area contributed by atoms with E-state index in [1.54, 1.807) is 18.2 Å². The summed E-state index contributed by atoms with van der Waals surface area (Å²) in [4.78, 5) is 25.3. The summed E-state index contributed by atoms with van der Waals surface area (Å²) in [6.45, 7) is 1.96. The third-order valence-corrected chi connectivity index (χ3v) is 4.20. The Balaban J connectivity index is 2.12. The highest BCUT2D eigenvalue weighted by molar-refractivity contribution is 8.26. The van der Waals surface area contributed by atoms with Crippen molar-refractivity contribution >= 4 is 46.3 Å². The van der Waals surface area contributed by atoms with Crippen molar-refractivity contribution in [3.8, 4) is 0 Å². The number of hydrogen-bond donors (Lipinski definition) is 0. The SMILES string of the molecule is CCCOC(=O)CN1C(=O)/C(=C/c2ccccc2F)SC1=S. The Kier molecular flexibility index (Phi) is 5.68. The molecule has 0 aliphatic carbocycles. The smallest absolute Gasteiger partial charge is 0.326 e. The van der Waals surface area contributed by atoms with Crippen LogP contribution in [0, 0.1) is 5.82 Å². The third-order valence-electron chi connectivity index (χ3n) is 2.82. The molecule has 116 valence electrons. The predicted octanol–water partition coefficient (Wildman–Crippen LogP) is 2.98. The van der Waals surface area contributed by atoms with E-state index >= 15 is 0 Å². The topological polar surface area (TPSA) is 46.6 Å². The molecule has 1 saturated heterocycles. The second-order valence-corrected chi connectivity index (χ2v) is 6.19.